The number of likely N-dealkylation sites (tertiary alicyclic amines) is 1. The van der Waals surface area contributed by atoms with Crippen molar-refractivity contribution in [3.8, 4) is 0 Å². The zero-order valence-electron chi connectivity index (χ0n) is 11.0. The van der Waals surface area contributed by atoms with Crippen molar-refractivity contribution >= 4 is 5.97 Å². The average molecular weight is 247 g/mol. The number of ether oxygens (including phenoxy) is 1. The molecule has 0 unspecified atom stereocenters. The smallest absolute Gasteiger partial charge is 0.306 e. The zero-order valence-corrected chi connectivity index (χ0v) is 11.0. The van der Waals surface area contributed by atoms with Crippen molar-refractivity contribution in [3.05, 3.63) is 35.9 Å². The van der Waals surface area contributed by atoms with Crippen LogP contribution in [-0.4, -0.2) is 30.1 Å². The van der Waals surface area contributed by atoms with E-state index in [0.29, 0.717) is 6.42 Å². The van der Waals surface area contributed by atoms with Gasteiger partial charge in [0.1, 0.15) is 6.10 Å². The molecular formula is C15H21NO2. The normalized spacial score (nSPS) is 19.9. The quantitative estimate of drug-likeness (QED) is 0.749. The summed E-state index contributed by atoms with van der Waals surface area (Å²) in [5.74, 6) is -0.0518. The van der Waals surface area contributed by atoms with Gasteiger partial charge in [0.05, 0.1) is 0 Å². The lowest BCUT2D eigenvalue weighted by atomic mass is 10.2. The Morgan fingerprint density at radius 1 is 1.39 bits per heavy atom. The highest BCUT2D eigenvalue weighted by Gasteiger charge is 2.25. The zero-order chi connectivity index (χ0) is 12.8. The molecule has 0 N–H and O–H groups in total. The summed E-state index contributed by atoms with van der Waals surface area (Å²) in [5.41, 5.74) is 1.32. The van der Waals surface area contributed by atoms with Crippen molar-refractivity contribution in [2.75, 3.05) is 13.1 Å². The number of hydrogen-bond donors (Lipinski definition) is 0. The van der Waals surface area contributed by atoms with Crippen molar-refractivity contribution in [1.29, 1.82) is 0 Å². The van der Waals surface area contributed by atoms with Gasteiger partial charge in [-0.05, 0) is 18.4 Å². The van der Waals surface area contributed by atoms with Crippen LogP contribution in [0.2, 0.25) is 0 Å². The van der Waals surface area contributed by atoms with Gasteiger partial charge in [0, 0.05) is 26.1 Å². The second-order valence-corrected chi connectivity index (χ2v) is 4.87. The molecule has 1 aliphatic rings. The Morgan fingerprint density at radius 2 is 2.17 bits per heavy atom. The molecule has 98 valence electrons. The Hall–Kier alpha value is -1.35. The Bertz CT molecular complexity index is 377. The first-order valence-electron chi connectivity index (χ1n) is 6.73. The fourth-order valence-corrected chi connectivity index (χ4v) is 2.33. The van der Waals surface area contributed by atoms with Crippen LogP contribution in [0.5, 0.6) is 0 Å². The number of carbonyl (C=O) groups excluding carboxylic acids is 1. The molecule has 3 nitrogen and oxygen atoms in total. The first-order chi connectivity index (χ1) is 8.78. The Balaban J connectivity index is 1.76. The molecule has 0 bridgehead atoms. The predicted molar refractivity (Wildman–Crippen MR) is 71.1 cm³/mol. The Labute approximate surface area is 109 Å². The number of nitrogens with zero attached hydrogens (tertiary/aromatic N) is 1. The van der Waals surface area contributed by atoms with E-state index in [9.17, 15) is 4.79 Å². The standard InChI is InChI=1S/C15H21NO2/c1-2-6-15(17)18-14-9-10-16(12-14)11-13-7-4-3-5-8-13/h3-5,7-8,14H,2,6,9-12H2,1H3/t14-/m0/s1. The number of rotatable bonds is 5. The molecule has 0 aromatic heterocycles. The van der Waals surface area contributed by atoms with Gasteiger partial charge in [-0.3, -0.25) is 9.69 Å². The van der Waals surface area contributed by atoms with Crippen molar-refractivity contribution in [2.24, 2.45) is 0 Å². The van der Waals surface area contributed by atoms with Gasteiger partial charge in [-0.25, -0.2) is 0 Å². The van der Waals surface area contributed by atoms with Crippen LogP contribution in [0, 0.1) is 0 Å². The van der Waals surface area contributed by atoms with Gasteiger partial charge in [-0.15, -0.1) is 0 Å². The number of hydrogen-bond acceptors (Lipinski definition) is 3. The number of benzene rings is 1. The van der Waals surface area contributed by atoms with E-state index in [1.807, 2.05) is 13.0 Å². The first-order valence-corrected chi connectivity index (χ1v) is 6.73. The van der Waals surface area contributed by atoms with Crippen LogP contribution >= 0.6 is 0 Å². The fourth-order valence-electron chi connectivity index (χ4n) is 2.33. The summed E-state index contributed by atoms with van der Waals surface area (Å²) in [4.78, 5) is 13.8. The summed E-state index contributed by atoms with van der Waals surface area (Å²) >= 11 is 0. The Kier molecular flexibility index (Phi) is 4.76. The summed E-state index contributed by atoms with van der Waals surface area (Å²) in [6.07, 6.45) is 2.45. The van der Waals surface area contributed by atoms with Crippen LogP contribution in [0.1, 0.15) is 31.7 Å². The molecule has 1 aromatic rings. The lowest BCUT2D eigenvalue weighted by molar-refractivity contribution is -0.148. The maximum atomic E-state index is 11.4. The minimum absolute atomic E-state index is 0.0518. The second kappa shape index (κ2) is 6.55. The summed E-state index contributed by atoms with van der Waals surface area (Å²) in [6.45, 7) is 4.82. The molecule has 1 aromatic carbocycles. The Morgan fingerprint density at radius 3 is 2.89 bits per heavy atom. The maximum Gasteiger partial charge on any atom is 0.306 e. The average Bonchev–Trinajstić information content (AvgIpc) is 2.78. The van der Waals surface area contributed by atoms with Crippen molar-refractivity contribution < 1.29 is 9.53 Å². The van der Waals surface area contributed by atoms with Crippen LogP contribution in [0.3, 0.4) is 0 Å². The molecular weight excluding hydrogens is 226 g/mol. The largest absolute Gasteiger partial charge is 0.461 e. The van der Waals surface area contributed by atoms with Crippen LogP contribution in [-0.2, 0) is 16.1 Å². The molecule has 2 rings (SSSR count). The lowest BCUT2D eigenvalue weighted by Crippen LogP contribution is -2.24. The van der Waals surface area contributed by atoms with E-state index in [4.69, 9.17) is 4.74 Å². The van der Waals surface area contributed by atoms with Gasteiger partial charge >= 0.3 is 5.97 Å². The highest BCUT2D eigenvalue weighted by molar-refractivity contribution is 5.69. The molecule has 1 aliphatic heterocycles. The van der Waals surface area contributed by atoms with E-state index in [1.54, 1.807) is 0 Å². The molecule has 1 fully saturated rings. The van der Waals surface area contributed by atoms with Crippen LogP contribution in [0.4, 0.5) is 0 Å². The minimum Gasteiger partial charge on any atom is -0.461 e. The summed E-state index contributed by atoms with van der Waals surface area (Å²) < 4.78 is 5.44. The predicted octanol–water partition coefficient (Wildman–Crippen LogP) is 2.60. The van der Waals surface area contributed by atoms with Crippen molar-refractivity contribution in [1.82, 2.24) is 4.90 Å². The molecule has 3 heteroatoms. The lowest BCUT2D eigenvalue weighted by Gasteiger charge is -2.16. The van der Waals surface area contributed by atoms with E-state index in [1.165, 1.54) is 5.56 Å². The monoisotopic (exact) mass is 247 g/mol. The maximum absolute atomic E-state index is 11.4. The van der Waals surface area contributed by atoms with E-state index in [-0.39, 0.29) is 12.1 Å². The van der Waals surface area contributed by atoms with Crippen LogP contribution in [0.15, 0.2) is 30.3 Å². The summed E-state index contributed by atoms with van der Waals surface area (Å²) in [7, 11) is 0. The molecule has 1 atom stereocenters. The van der Waals surface area contributed by atoms with Gasteiger partial charge in [-0.2, -0.15) is 0 Å². The number of carbonyl (C=O) groups is 1. The van der Waals surface area contributed by atoms with Gasteiger partial charge < -0.3 is 4.74 Å². The highest BCUT2D eigenvalue weighted by Crippen LogP contribution is 2.16. The minimum atomic E-state index is -0.0518. The van der Waals surface area contributed by atoms with E-state index < -0.39 is 0 Å². The molecule has 1 heterocycles. The van der Waals surface area contributed by atoms with Gasteiger partial charge in [-0.1, -0.05) is 37.3 Å². The van der Waals surface area contributed by atoms with Crippen LogP contribution < -0.4 is 0 Å². The van der Waals surface area contributed by atoms with Crippen LogP contribution in [0.25, 0.3) is 0 Å². The number of esters is 1. The second-order valence-electron chi connectivity index (χ2n) is 4.87. The third kappa shape index (κ3) is 3.84. The third-order valence-electron chi connectivity index (χ3n) is 3.23. The van der Waals surface area contributed by atoms with E-state index in [0.717, 1.165) is 32.5 Å². The van der Waals surface area contributed by atoms with Crippen molar-refractivity contribution in [2.45, 2.75) is 38.8 Å². The molecule has 0 saturated carbocycles. The van der Waals surface area contributed by atoms with Gasteiger partial charge in [0.15, 0.2) is 0 Å². The van der Waals surface area contributed by atoms with Gasteiger partial charge in [0.2, 0.25) is 0 Å². The highest BCUT2D eigenvalue weighted by atomic mass is 16.5. The molecule has 0 spiro atoms. The SMILES string of the molecule is CCCC(=O)O[C@H]1CCN(Cc2ccccc2)C1. The van der Waals surface area contributed by atoms with E-state index >= 15 is 0 Å². The molecule has 18 heavy (non-hydrogen) atoms. The summed E-state index contributed by atoms with van der Waals surface area (Å²) in [6, 6.07) is 10.4. The van der Waals surface area contributed by atoms with Crippen molar-refractivity contribution in [3.63, 3.8) is 0 Å². The van der Waals surface area contributed by atoms with E-state index in [2.05, 4.69) is 29.2 Å². The molecule has 0 radical (unpaired) electrons. The topological polar surface area (TPSA) is 29.5 Å². The third-order valence-corrected chi connectivity index (χ3v) is 3.23. The molecule has 0 amide bonds. The molecule has 1 saturated heterocycles. The fraction of sp³-hybridized carbons (Fsp3) is 0.533. The molecule has 0 aliphatic carbocycles. The first kappa shape index (κ1) is 13.1. The summed E-state index contributed by atoms with van der Waals surface area (Å²) in [5, 5.41) is 0. The van der Waals surface area contributed by atoms with Gasteiger partial charge in [0.25, 0.3) is 0 Å².